The molecule has 35 heavy (non-hydrogen) atoms. The van der Waals surface area contributed by atoms with E-state index in [2.05, 4.69) is 14.9 Å². The Hall–Kier alpha value is -3.62. The van der Waals surface area contributed by atoms with Crippen LogP contribution in [0.3, 0.4) is 0 Å². The number of piperazine rings is 1. The van der Waals surface area contributed by atoms with E-state index in [9.17, 15) is 9.59 Å². The predicted octanol–water partition coefficient (Wildman–Crippen LogP) is 3.03. The fraction of sp³-hybridized carbons (Fsp3) is 0.462. The van der Waals surface area contributed by atoms with Crippen molar-refractivity contribution in [3.8, 4) is 11.5 Å². The van der Waals surface area contributed by atoms with E-state index in [-0.39, 0.29) is 23.7 Å². The van der Waals surface area contributed by atoms with Crippen LogP contribution in [0.25, 0.3) is 11.0 Å². The molecule has 0 bridgehead atoms. The van der Waals surface area contributed by atoms with E-state index in [1.54, 1.807) is 30.3 Å². The Morgan fingerprint density at radius 2 is 1.83 bits per heavy atom. The molecular formula is C26H30N4O5. The first-order valence-corrected chi connectivity index (χ1v) is 11.9. The van der Waals surface area contributed by atoms with Crippen molar-refractivity contribution in [3.63, 3.8) is 0 Å². The Bertz CT molecular complexity index is 1330. The second-order valence-electron chi connectivity index (χ2n) is 9.76. The molecule has 2 aliphatic heterocycles. The van der Waals surface area contributed by atoms with Gasteiger partial charge in [-0.25, -0.2) is 14.8 Å². The first-order valence-electron chi connectivity index (χ1n) is 11.9. The minimum Gasteiger partial charge on any atom is -0.487 e. The molecule has 1 fully saturated rings. The van der Waals surface area contributed by atoms with Crippen LogP contribution in [0.4, 0.5) is 5.95 Å². The van der Waals surface area contributed by atoms with Gasteiger partial charge in [-0.2, -0.15) is 0 Å². The van der Waals surface area contributed by atoms with Gasteiger partial charge in [0.1, 0.15) is 22.7 Å². The van der Waals surface area contributed by atoms with Crippen molar-refractivity contribution < 1.29 is 18.7 Å². The molecule has 4 heterocycles. The number of carbonyl (C=O) groups is 1. The molecule has 1 aromatic carbocycles. The van der Waals surface area contributed by atoms with Gasteiger partial charge in [-0.05, 0) is 52.2 Å². The summed E-state index contributed by atoms with van der Waals surface area (Å²) in [5, 5.41) is 0.725. The molecular weight excluding hydrogens is 448 g/mol. The summed E-state index contributed by atoms with van der Waals surface area (Å²) in [7, 11) is 0. The zero-order chi connectivity index (χ0) is 24.7. The molecule has 9 heteroatoms. The number of fused-ring (bicyclic) bond motifs is 3. The van der Waals surface area contributed by atoms with Crippen LogP contribution in [0.1, 0.15) is 37.0 Å². The van der Waals surface area contributed by atoms with Gasteiger partial charge in [-0.3, -0.25) is 4.79 Å². The van der Waals surface area contributed by atoms with E-state index in [1.165, 1.54) is 0 Å². The van der Waals surface area contributed by atoms with Gasteiger partial charge < -0.3 is 23.7 Å². The molecule has 184 valence electrons. The maximum Gasteiger partial charge on any atom is 0.339 e. The molecule has 0 saturated carbocycles. The van der Waals surface area contributed by atoms with Gasteiger partial charge in [-0.1, -0.05) is 0 Å². The number of hydrogen-bond donors (Lipinski definition) is 0. The smallest absolute Gasteiger partial charge is 0.339 e. The third kappa shape index (κ3) is 4.42. The lowest BCUT2D eigenvalue weighted by molar-refractivity contribution is -0.133. The van der Waals surface area contributed by atoms with E-state index < -0.39 is 0 Å². The summed E-state index contributed by atoms with van der Waals surface area (Å²) in [5.74, 6) is 1.70. The number of aryl methyl sites for hydroxylation is 2. The summed E-state index contributed by atoms with van der Waals surface area (Å²) in [4.78, 5) is 37.9. The summed E-state index contributed by atoms with van der Waals surface area (Å²) in [6, 6.07) is 3.62. The lowest BCUT2D eigenvalue weighted by Gasteiger charge is -2.35. The molecule has 1 amide bonds. The molecule has 0 unspecified atom stereocenters. The van der Waals surface area contributed by atoms with E-state index in [0.717, 1.165) is 29.4 Å². The van der Waals surface area contributed by atoms with Crippen LogP contribution >= 0.6 is 0 Å². The predicted molar refractivity (Wildman–Crippen MR) is 131 cm³/mol. The van der Waals surface area contributed by atoms with Gasteiger partial charge in [-0.15, -0.1) is 0 Å². The Balaban J connectivity index is 1.37. The highest BCUT2D eigenvalue weighted by molar-refractivity contribution is 5.92. The van der Waals surface area contributed by atoms with Crippen molar-refractivity contribution in [3.05, 3.63) is 51.6 Å². The number of ether oxygens (including phenoxy) is 2. The standard InChI is InChI=1S/C26H30N4O5/c1-16-17(2)24(32)34-23-18-6-7-26(3,4)35-19(18)14-20(22(16)23)33-15-21(31)29-10-12-30(13-11-29)25-27-8-5-9-28-25/h5,8-9,14H,6-7,10-13,15H2,1-4H3. The average molecular weight is 479 g/mol. The first kappa shape index (κ1) is 23.1. The van der Waals surface area contributed by atoms with Crippen molar-refractivity contribution >= 4 is 22.8 Å². The van der Waals surface area contributed by atoms with Crippen LogP contribution in [-0.2, 0) is 11.2 Å². The fourth-order valence-corrected chi connectivity index (χ4v) is 4.69. The number of anilines is 1. The van der Waals surface area contributed by atoms with Crippen molar-refractivity contribution in [1.82, 2.24) is 14.9 Å². The van der Waals surface area contributed by atoms with E-state index in [4.69, 9.17) is 13.9 Å². The maximum atomic E-state index is 13.0. The highest BCUT2D eigenvalue weighted by Crippen LogP contribution is 2.43. The van der Waals surface area contributed by atoms with E-state index in [1.807, 2.05) is 26.8 Å². The maximum absolute atomic E-state index is 13.0. The summed E-state index contributed by atoms with van der Waals surface area (Å²) < 4.78 is 18.0. The van der Waals surface area contributed by atoms with Crippen molar-refractivity contribution in [2.75, 3.05) is 37.7 Å². The molecule has 0 spiro atoms. The monoisotopic (exact) mass is 478 g/mol. The van der Waals surface area contributed by atoms with Gasteiger partial charge in [0, 0.05) is 55.8 Å². The minimum atomic E-state index is -0.365. The lowest BCUT2D eigenvalue weighted by atomic mass is 9.92. The Morgan fingerprint density at radius 1 is 1.11 bits per heavy atom. The minimum absolute atomic E-state index is 0.0995. The number of amides is 1. The van der Waals surface area contributed by atoms with Crippen LogP contribution in [0, 0.1) is 13.8 Å². The van der Waals surface area contributed by atoms with Gasteiger partial charge in [0.25, 0.3) is 5.91 Å². The number of benzene rings is 1. The molecule has 0 aliphatic carbocycles. The Morgan fingerprint density at radius 3 is 2.54 bits per heavy atom. The van der Waals surface area contributed by atoms with Crippen molar-refractivity contribution in [2.24, 2.45) is 0 Å². The molecule has 5 rings (SSSR count). The Labute approximate surface area is 203 Å². The number of carbonyl (C=O) groups excluding carboxylic acids is 1. The number of nitrogens with zero attached hydrogens (tertiary/aromatic N) is 4. The van der Waals surface area contributed by atoms with Crippen LogP contribution in [0.15, 0.2) is 33.7 Å². The zero-order valence-electron chi connectivity index (χ0n) is 20.6. The highest BCUT2D eigenvalue weighted by atomic mass is 16.5. The molecule has 0 radical (unpaired) electrons. The van der Waals surface area contributed by atoms with Gasteiger partial charge in [0.2, 0.25) is 5.95 Å². The number of rotatable bonds is 4. The number of hydrogen-bond acceptors (Lipinski definition) is 8. The van der Waals surface area contributed by atoms with Crippen molar-refractivity contribution in [1.29, 1.82) is 0 Å². The second-order valence-corrected chi connectivity index (χ2v) is 9.76. The average Bonchev–Trinajstić information content (AvgIpc) is 2.85. The van der Waals surface area contributed by atoms with Crippen LogP contribution in [0.5, 0.6) is 11.5 Å². The zero-order valence-corrected chi connectivity index (χ0v) is 20.6. The Kier molecular flexibility index (Phi) is 5.86. The van der Waals surface area contributed by atoms with E-state index >= 15 is 0 Å². The SMILES string of the molecule is Cc1c(C)c2c(OCC(=O)N3CCN(c4ncccn4)CC3)cc3c(c2oc1=O)CCC(C)(C)O3. The van der Waals surface area contributed by atoms with E-state index in [0.29, 0.717) is 54.8 Å². The molecule has 2 aliphatic rings. The van der Waals surface area contributed by atoms with Crippen LogP contribution < -0.4 is 20.0 Å². The highest BCUT2D eigenvalue weighted by Gasteiger charge is 2.31. The van der Waals surface area contributed by atoms with Gasteiger partial charge in [0.15, 0.2) is 6.61 Å². The van der Waals surface area contributed by atoms with Gasteiger partial charge >= 0.3 is 5.63 Å². The molecule has 2 aromatic heterocycles. The topological polar surface area (TPSA) is 98.0 Å². The first-order chi connectivity index (χ1) is 16.7. The summed E-state index contributed by atoms with van der Waals surface area (Å²) >= 11 is 0. The quantitative estimate of drug-likeness (QED) is 0.528. The second kappa shape index (κ2) is 8.87. The summed E-state index contributed by atoms with van der Waals surface area (Å²) in [6.07, 6.45) is 4.98. The molecule has 3 aromatic rings. The summed E-state index contributed by atoms with van der Waals surface area (Å²) in [5.41, 5.74) is 1.99. The third-order valence-corrected chi connectivity index (χ3v) is 6.93. The molecule has 0 atom stereocenters. The van der Waals surface area contributed by atoms with Gasteiger partial charge in [0.05, 0.1) is 5.39 Å². The fourth-order valence-electron chi connectivity index (χ4n) is 4.69. The largest absolute Gasteiger partial charge is 0.487 e. The summed E-state index contributed by atoms with van der Waals surface area (Å²) in [6.45, 7) is 10.0. The molecule has 0 N–H and O–H groups in total. The van der Waals surface area contributed by atoms with Crippen LogP contribution in [0.2, 0.25) is 0 Å². The molecule has 1 saturated heterocycles. The third-order valence-electron chi connectivity index (χ3n) is 6.93. The number of aromatic nitrogens is 2. The van der Waals surface area contributed by atoms with Crippen molar-refractivity contribution in [2.45, 2.75) is 46.1 Å². The molecule has 9 nitrogen and oxygen atoms in total. The lowest BCUT2D eigenvalue weighted by Crippen LogP contribution is -2.50. The normalized spacial score (nSPS) is 17.1. The van der Waals surface area contributed by atoms with Crippen LogP contribution in [-0.4, -0.2) is 59.2 Å².